The van der Waals surface area contributed by atoms with Crippen LogP contribution in [0.25, 0.3) is 0 Å². The molecule has 0 spiro atoms. The summed E-state index contributed by atoms with van der Waals surface area (Å²) >= 11 is 3.53. The van der Waals surface area contributed by atoms with Crippen molar-refractivity contribution in [1.29, 1.82) is 0 Å². The molecule has 6 heteroatoms. The van der Waals surface area contributed by atoms with Gasteiger partial charge in [-0.25, -0.2) is 0 Å². The lowest BCUT2D eigenvalue weighted by Crippen LogP contribution is -2.22. The molecule has 0 amide bonds. The molecule has 1 aromatic rings. The first-order valence-corrected chi connectivity index (χ1v) is 7.09. The fourth-order valence-corrected chi connectivity index (χ4v) is 2.89. The molecular formula is C13H16BrNO4. The van der Waals surface area contributed by atoms with Crippen molar-refractivity contribution < 1.29 is 19.7 Å². The molecule has 2 aliphatic rings. The van der Waals surface area contributed by atoms with Crippen LogP contribution in [-0.2, 0) is 6.54 Å². The first-order valence-electron chi connectivity index (χ1n) is 6.30. The van der Waals surface area contributed by atoms with E-state index in [0.29, 0.717) is 32.8 Å². The summed E-state index contributed by atoms with van der Waals surface area (Å²) < 4.78 is 12.0. The number of halogens is 1. The number of fused-ring (bicyclic) bond motifs is 1. The van der Waals surface area contributed by atoms with E-state index in [2.05, 4.69) is 15.9 Å². The van der Waals surface area contributed by atoms with Crippen LogP contribution < -0.4 is 9.47 Å². The van der Waals surface area contributed by atoms with Gasteiger partial charge in [-0.1, -0.05) is 15.9 Å². The van der Waals surface area contributed by atoms with Crippen molar-refractivity contribution in [3.63, 3.8) is 0 Å². The van der Waals surface area contributed by atoms with E-state index in [9.17, 15) is 10.2 Å². The Labute approximate surface area is 119 Å². The average Bonchev–Trinajstić information content (AvgIpc) is 2.69. The van der Waals surface area contributed by atoms with Crippen molar-refractivity contribution in [1.82, 2.24) is 4.90 Å². The van der Waals surface area contributed by atoms with Crippen molar-refractivity contribution in [2.24, 2.45) is 0 Å². The third-order valence-electron chi connectivity index (χ3n) is 3.44. The summed E-state index contributed by atoms with van der Waals surface area (Å²) in [5.74, 6) is 1.51. The van der Waals surface area contributed by atoms with E-state index >= 15 is 0 Å². The molecule has 3 rings (SSSR count). The Morgan fingerprint density at radius 2 is 1.68 bits per heavy atom. The standard InChI is InChI=1S/C13H16BrNO4/c14-9-4-13-12(18-1-2-19-13)3-8(9)5-15-6-10(16)11(17)7-15/h3-4,10-11,16-17H,1-2,5-7H2. The lowest BCUT2D eigenvalue weighted by molar-refractivity contribution is 0.0572. The maximum absolute atomic E-state index is 9.56. The minimum Gasteiger partial charge on any atom is -0.486 e. The second-order valence-corrected chi connectivity index (χ2v) is 5.77. The van der Waals surface area contributed by atoms with E-state index in [1.54, 1.807) is 0 Å². The second-order valence-electron chi connectivity index (χ2n) is 4.92. The Morgan fingerprint density at radius 3 is 2.32 bits per heavy atom. The number of hydrogen-bond donors (Lipinski definition) is 2. The predicted octanol–water partition coefficient (Wildman–Crippen LogP) is 0.758. The summed E-state index contributed by atoms with van der Waals surface area (Å²) in [4.78, 5) is 2.02. The molecule has 19 heavy (non-hydrogen) atoms. The van der Waals surface area contributed by atoms with Gasteiger partial charge in [0.2, 0.25) is 0 Å². The molecule has 2 heterocycles. The number of ether oxygens (including phenoxy) is 2. The number of β-amino-alcohol motifs (C(OH)–C–C–N with tert-alkyl or cyclic N) is 2. The zero-order chi connectivity index (χ0) is 13.4. The molecule has 2 N–H and O–H groups in total. The first kappa shape index (κ1) is 13.2. The van der Waals surface area contributed by atoms with Crippen LogP contribution >= 0.6 is 15.9 Å². The van der Waals surface area contributed by atoms with Gasteiger partial charge in [-0.3, -0.25) is 4.90 Å². The number of likely N-dealkylation sites (tertiary alicyclic amines) is 1. The minimum absolute atomic E-state index is 0.488. The number of aliphatic hydroxyl groups is 2. The van der Waals surface area contributed by atoms with Crippen LogP contribution in [0.1, 0.15) is 5.56 Å². The highest BCUT2D eigenvalue weighted by Gasteiger charge is 2.30. The van der Waals surface area contributed by atoms with Crippen molar-refractivity contribution in [2.45, 2.75) is 18.8 Å². The first-order chi connectivity index (χ1) is 9.13. The minimum atomic E-state index is -0.656. The van der Waals surface area contributed by atoms with Crippen LogP contribution in [0.2, 0.25) is 0 Å². The Morgan fingerprint density at radius 1 is 1.11 bits per heavy atom. The van der Waals surface area contributed by atoms with E-state index in [-0.39, 0.29) is 0 Å². The third kappa shape index (κ3) is 2.72. The molecule has 2 atom stereocenters. The van der Waals surface area contributed by atoms with Gasteiger partial charge < -0.3 is 19.7 Å². The molecule has 0 aliphatic carbocycles. The van der Waals surface area contributed by atoms with Crippen LogP contribution in [0.3, 0.4) is 0 Å². The number of rotatable bonds is 2. The fraction of sp³-hybridized carbons (Fsp3) is 0.538. The topological polar surface area (TPSA) is 62.2 Å². The molecule has 0 saturated carbocycles. The second kappa shape index (κ2) is 5.28. The SMILES string of the molecule is OC1CN(Cc2cc3c(cc2Br)OCCO3)CC1O. The normalized spacial score (nSPS) is 26.7. The summed E-state index contributed by atoms with van der Waals surface area (Å²) in [6.45, 7) is 2.77. The summed E-state index contributed by atoms with van der Waals surface area (Å²) in [6.07, 6.45) is -1.31. The van der Waals surface area contributed by atoms with Gasteiger partial charge >= 0.3 is 0 Å². The molecule has 5 nitrogen and oxygen atoms in total. The molecule has 2 unspecified atom stereocenters. The Bertz CT molecular complexity index is 472. The zero-order valence-corrected chi connectivity index (χ0v) is 12.0. The van der Waals surface area contributed by atoms with Crippen LogP contribution in [0.15, 0.2) is 16.6 Å². The molecule has 104 valence electrons. The molecule has 1 aromatic carbocycles. The van der Waals surface area contributed by atoms with Crippen LogP contribution in [0, 0.1) is 0 Å². The van der Waals surface area contributed by atoms with Gasteiger partial charge in [-0.2, -0.15) is 0 Å². The van der Waals surface area contributed by atoms with Crippen molar-refractivity contribution >= 4 is 15.9 Å². The van der Waals surface area contributed by atoms with Gasteiger partial charge in [0.1, 0.15) is 13.2 Å². The van der Waals surface area contributed by atoms with E-state index in [0.717, 1.165) is 21.5 Å². The van der Waals surface area contributed by atoms with Gasteiger partial charge in [0.25, 0.3) is 0 Å². The maximum Gasteiger partial charge on any atom is 0.162 e. The lowest BCUT2D eigenvalue weighted by atomic mass is 10.2. The Kier molecular flexibility index (Phi) is 3.66. The van der Waals surface area contributed by atoms with Crippen molar-refractivity contribution in [3.8, 4) is 11.5 Å². The number of hydrogen-bond acceptors (Lipinski definition) is 5. The zero-order valence-electron chi connectivity index (χ0n) is 10.4. The third-order valence-corrected chi connectivity index (χ3v) is 4.18. The van der Waals surface area contributed by atoms with Crippen LogP contribution in [0.4, 0.5) is 0 Å². The highest BCUT2D eigenvalue weighted by Crippen LogP contribution is 2.36. The maximum atomic E-state index is 9.56. The molecule has 0 radical (unpaired) electrons. The highest BCUT2D eigenvalue weighted by atomic mass is 79.9. The summed E-state index contributed by atoms with van der Waals surface area (Å²) in [5, 5.41) is 19.1. The predicted molar refractivity (Wildman–Crippen MR) is 72.4 cm³/mol. The summed E-state index contributed by atoms with van der Waals surface area (Å²) in [5.41, 5.74) is 1.06. The van der Waals surface area contributed by atoms with E-state index in [1.165, 1.54) is 0 Å². The van der Waals surface area contributed by atoms with Crippen molar-refractivity contribution in [3.05, 3.63) is 22.2 Å². The van der Waals surface area contributed by atoms with Gasteiger partial charge in [0.15, 0.2) is 11.5 Å². The van der Waals surface area contributed by atoms with Crippen LogP contribution in [-0.4, -0.2) is 53.6 Å². The van der Waals surface area contributed by atoms with Crippen LogP contribution in [0.5, 0.6) is 11.5 Å². The van der Waals surface area contributed by atoms with E-state index < -0.39 is 12.2 Å². The summed E-state index contributed by atoms with van der Waals surface area (Å²) in [6, 6.07) is 3.86. The fourth-order valence-electron chi connectivity index (χ4n) is 2.44. The lowest BCUT2D eigenvalue weighted by Gasteiger charge is -2.21. The quantitative estimate of drug-likeness (QED) is 0.838. The van der Waals surface area contributed by atoms with Crippen molar-refractivity contribution in [2.75, 3.05) is 26.3 Å². The molecule has 1 fully saturated rings. The molecule has 0 bridgehead atoms. The highest BCUT2D eigenvalue weighted by molar-refractivity contribution is 9.10. The van der Waals surface area contributed by atoms with Gasteiger partial charge in [-0.15, -0.1) is 0 Å². The molecule has 1 saturated heterocycles. The average molecular weight is 330 g/mol. The van der Waals surface area contributed by atoms with E-state index in [1.807, 2.05) is 17.0 Å². The number of benzene rings is 1. The summed E-state index contributed by atoms with van der Waals surface area (Å²) in [7, 11) is 0. The monoisotopic (exact) mass is 329 g/mol. The smallest absolute Gasteiger partial charge is 0.162 e. The largest absolute Gasteiger partial charge is 0.486 e. The Hall–Kier alpha value is -0.820. The number of aliphatic hydroxyl groups excluding tert-OH is 2. The molecular weight excluding hydrogens is 314 g/mol. The van der Waals surface area contributed by atoms with Gasteiger partial charge in [0.05, 0.1) is 12.2 Å². The Balaban J connectivity index is 1.77. The van der Waals surface area contributed by atoms with Gasteiger partial charge in [0, 0.05) is 24.1 Å². The van der Waals surface area contributed by atoms with Gasteiger partial charge in [-0.05, 0) is 17.7 Å². The van der Waals surface area contributed by atoms with E-state index in [4.69, 9.17) is 9.47 Å². The number of nitrogens with zero attached hydrogens (tertiary/aromatic N) is 1. The molecule has 0 aromatic heterocycles. The molecule has 2 aliphatic heterocycles.